The normalized spacial score (nSPS) is 11.1. The molecule has 0 atom stereocenters. The summed E-state index contributed by atoms with van der Waals surface area (Å²) in [4.78, 5) is 3.95. The number of benzene rings is 2. The molecule has 130 valence electrons. The maximum atomic E-state index is 4.26. The van der Waals surface area contributed by atoms with Crippen LogP contribution in [0.25, 0.3) is 0 Å². The maximum absolute atomic E-state index is 4.26. The monoisotopic (exact) mass is 344 g/mol. The van der Waals surface area contributed by atoms with Gasteiger partial charge in [-0.1, -0.05) is 65.9 Å². The molecular weight excluding hydrogens is 324 g/mol. The second-order valence-corrected chi connectivity index (χ2v) is 6.23. The maximum Gasteiger partial charge on any atom is 0.137 e. The van der Waals surface area contributed by atoms with Gasteiger partial charge in [0.15, 0.2) is 0 Å². The van der Waals surface area contributed by atoms with Gasteiger partial charge >= 0.3 is 0 Å². The van der Waals surface area contributed by atoms with E-state index >= 15 is 0 Å². The predicted molar refractivity (Wildman–Crippen MR) is 98.5 cm³/mol. The van der Waals surface area contributed by atoms with Crippen molar-refractivity contribution in [3.05, 3.63) is 96.3 Å². The van der Waals surface area contributed by atoms with Crippen LogP contribution >= 0.6 is 0 Å². The fourth-order valence-electron chi connectivity index (χ4n) is 3.16. The van der Waals surface area contributed by atoms with E-state index in [9.17, 15) is 0 Å². The highest BCUT2D eigenvalue weighted by Crippen LogP contribution is 2.28. The molecule has 26 heavy (non-hydrogen) atoms. The van der Waals surface area contributed by atoms with Gasteiger partial charge in [-0.15, -0.1) is 5.10 Å². The van der Waals surface area contributed by atoms with E-state index in [1.165, 1.54) is 17.5 Å². The summed E-state index contributed by atoms with van der Waals surface area (Å²) in [5.74, 6) is 0.334. The summed E-state index contributed by atoms with van der Waals surface area (Å²) in [6, 6.07) is 21.2. The Labute approximate surface area is 152 Å². The first-order valence-corrected chi connectivity index (χ1v) is 8.70. The van der Waals surface area contributed by atoms with Gasteiger partial charge < -0.3 is 0 Å². The molecule has 0 saturated carbocycles. The summed E-state index contributed by atoms with van der Waals surface area (Å²) in [5.41, 5.74) is 3.52. The SMILES string of the molecule is c1ccc(C(CCn2cc(Cn3cncn3)nn2)c2ccccc2)cc1. The molecule has 0 aliphatic heterocycles. The van der Waals surface area contributed by atoms with Crippen molar-refractivity contribution in [2.45, 2.75) is 25.4 Å². The number of hydrogen-bond donors (Lipinski definition) is 0. The van der Waals surface area contributed by atoms with Crippen molar-refractivity contribution in [2.75, 3.05) is 0 Å². The van der Waals surface area contributed by atoms with Gasteiger partial charge in [-0.05, 0) is 17.5 Å². The van der Waals surface area contributed by atoms with Crippen LogP contribution in [0.5, 0.6) is 0 Å². The molecule has 0 saturated heterocycles. The third kappa shape index (κ3) is 3.85. The van der Waals surface area contributed by atoms with Gasteiger partial charge in [0.25, 0.3) is 0 Å². The molecule has 0 unspecified atom stereocenters. The van der Waals surface area contributed by atoms with E-state index in [1.54, 1.807) is 11.0 Å². The first-order valence-electron chi connectivity index (χ1n) is 8.70. The van der Waals surface area contributed by atoms with Crippen molar-refractivity contribution in [3.63, 3.8) is 0 Å². The van der Waals surface area contributed by atoms with Gasteiger partial charge in [0, 0.05) is 12.5 Å². The van der Waals surface area contributed by atoms with Gasteiger partial charge in [-0.25, -0.2) is 9.67 Å². The van der Waals surface area contributed by atoms with Crippen molar-refractivity contribution >= 4 is 0 Å². The highest BCUT2D eigenvalue weighted by atomic mass is 15.4. The van der Waals surface area contributed by atoms with Crippen LogP contribution in [-0.2, 0) is 13.1 Å². The quantitative estimate of drug-likeness (QED) is 0.517. The number of aromatic nitrogens is 6. The molecule has 2 aromatic heterocycles. The Morgan fingerprint density at radius 2 is 1.54 bits per heavy atom. The Morgan fingerprint density at radius 1 is 0.846 bits per heavy atom. The number of rotatable bonds is 7. The molecule has 0 fully saturated rings. The Hall–Kier alpha value is -3.28. The molecule has 2 aromatic carbocycles. The third-order valence-electron chi connectivity index (χ3n) is 4.43. The van der Waals surface area contributed by atoms with Gasteiger partial charge in [-0.2, -0.15) is 5.10 Å². The fraction of sp³-hybridized carbons (Fsp3) is 0.200. The topological polar surface area (TPSA) is 61.4 Å². The van der Waals surface area contributed by atoms with Crippen molar-refractivity contribution < 1.29 is 0 Å². The van der Waals surface area contributed by atoms with Crippen LogP contribution in [0.3, 0.4) is 0 Å². The second kappa shape index (κ2) is 7.74. The zero-order valence-corrected chi connectivity index (χ0v) is 14.4. The van der Waals surface area contributed by atoms with Crippen LogP contribution in [0.15, 0.2) is 79.5 Å². The molecule has 0 spiro atoms. The Kier molecular flexibility index (Phi) is 4.82. The lowest BCUT2D eigenvalue weighted by atomic mass is 9.88. The molecule has 4 aromatic rings. The van der Waals surface area contributed by atoms with Crippen LogP contribution in [0.1, 0.15) is 29.2 Å². The first-order chi connectivity index (χ1) is 12.9. The van der Waals surface area contributed by atoms with E-state index in [2.05, 4.69) is 81.1 Å². The van der Waals surface area contributed by atoms with Gasteiger partial charge in [-0.3, -0.25) is 4.68 Å². The van der Waals surface area contributed by atoms with Crippen LogP contribution in [0.4, 0.5) is 0 Å². The summed E-state index contributed by atoms with van der Waals surface area (Å²) < 4.78 is 3.65. The summed E-state index contributed by atoms with van der Waals surface area (Å²) >= 11 is 0. The summed E-state index contributed by atoms with van der Waals surface area (Å²) in [6.45, 7) is 1.39. The van der Waals surface area contributed by atoms with Gasteiger partial charge in [0.1, 0.15) is 18.3 Å². The first kappa shape index (κ1) is 16.2. The van der Waals surface area contributed by atoms with Crippen molar-refractivity contribution in [3.8, 4) is 0 Å². The zero-order valence-electron chi connectivity index (χ0n) is 14.4. The van der Waals surface area contributed by atoms with Gasteiger partial charge in [0.05, 0.1) is 12.7 Å². The van der Waals surface area contributed by atoms with Crippen molar-refractivity contribution in [1.82, 2.24) is 29.8 Å². The molecular formula is C20H20N6. The van der Waals surface area contributed by atoms with Gasteiger partial charge in [0.2, 0.25) is 0 Å². The summed E-state index contributed by atoms with van der Waals surface area (Å²) in [7, 11) is 0. The lowest BCUT2D eigenvalue weighted by Gasteiger charge is -2.18. The smallest absolute Gasteiger partial charge is 0.137 e. The van der Waals surface area contributed by atoms with E-state index in [0.717, 1.165) is 18.7 Å². The highest BCUT2D eigenvalue weighted by molar-refractivity contribution is 5.32. The number of hydrogen-bond acceptors (Lipinski definition) is 4. The average Bonchev–Trinajstić information content (AvgIpc) is 3.36. The molecule has 6 nitrogen and oxygen atoms in total. The molecule has 0 N–H and O–H groups in total. The summed E-state index contributed by atoms with van der Waals surface area (Å²) in [5, 5.41) is 12.6. The molecule has 2 heterocycles. The third-order valence-corrected chi connectivity index (χ3v) is 4.43. The number of aryl methyl sites for hydroxylation is 1. The van der Waals surface area contributed by atoms with Crippen LogP contribution in [-0.4, -0.2) is 29.8 Å². The van der Waals surface area contributed by atoms with Crippen LogP contribution < -0.4 is 0 Å². The lowest BCUT2D eigenvalue weighted by Crippen LogP contribution is -2.07. The van der Waals surface area contributed by atoms with E-state index in [1.807, 2.05) is 10.9 Å². The number of nitrogens with zero attached hydrogens (tertiary/aromatic N) is 6. The lowest BCUT2D eigenvalue weighted by molar-refractivity contribution is 0.532. The van der Waals surface area contributed by atoms with Crippen LogP contribution in [0.2, 0.25) is 0 Å². The minimum atomic E-state index is 0.334. The molecule has 0 amide bonds. The molecule has 4 rings (SSSR count). The largest absolute Gasteiger partial charge is 0.252 e. The Balaban J connectivity index is 1.48. The van der Waals surface area contributed by atoms with Crippen LogP contribution in [0, 0.1) is 0 Å². The molecule has 0 bridgehead atoms. The van der Waals surface area contributed by atoms with E-state index in [-0.39, 0.29) is 0 Å². The minimum Gasteiger partial charge on any atom is -0.252 e. The second-order valence-electron chi connectivity index (χ2n) is 6.23. The molecule has 0 aliphatic carbocycles. The predicted octanol–water partition coefficient (Wildman–Crippen LogP) is 3.14. The van der Waals surface area contributed by atoms with Crippen molar-refractivity contribution in [1.29, 1.82) is 0 Å². The van der Waals surface area contributed by atoms with E-state index < -0.39 is 0 Å². The molecule has 0 radical (unpaired) electrons. The van der Waals surface area contributed by atoms with Crippen molar-refractivity contribution in [2.24, 2.45) is 0 Å². The average molecular weight is 344 g/mol. The fourth-order valence-corrected chi connectivity index (χ4v) is 3.16. The minimum absolute atomic E-state index is 0.334. The summed E-state index contributed by atoms with van der Waals surface area (Å²) in [6.07, 6.45) is 6.14. The Bertz CT molecular complexity index is 876. The Morgan fingerprint density at radius 3 is 2.15 bits per heavy atom. The van der Waals surface area contributed by atoms with E-state index in [4.69, 9.17) is 0 Å². The molecule has 0 aliphatic rings. The zero-order chi connectivity index (χ0) is 17.6. The van der Waals surface area contributed by atoms with E-state index in [0.29, 0.717) is 12.5 Å². The standard InChI is InChI=1S/C20H20N6/c1-3-7-17(8-4-1)20(18-9-5-2-6-10-18)11-12-25-13-19(23-24-25)14-26-16-21-15-22-26/h1-10,13,15-16,20H,11-12,14H2. The highest BCUT2D eigenvalue weighted by Gasteiger charge is 2.14. The molecule has 6 heteroatoms.